The van der Waals surface area contributed by atoms with Gasteiger partial charge in [-0.3, -0.25) is 0 Å². The lowest BCUT2D eigenvalue weighted by Crippen LogP contribution is -2.40. The Labute approximate surface area is 182 Å². The summed E-state index contributed by atoms with van der Waals surface area (Å²) in [6, 6.07) is 26.1. The Balaban J connectivity index is 1.80. The molecule has 28 heavy (non-hydrogen) atoms. The molecule has 0 aliphatic heterocycles. The van der Waals surface area contributed by atoms with E-state index in [1.807, 2.05) is 48.5 Å². The van der Waals surface area contributed by atoms with Crippen molar-refractivity contribution in [3.8, 4) is 0 Å². The van der Waals surface area contributed by atoms with E-state index in [-0.39, 0.29) is 6.04 Å². The van der Waals surface area contributed by atoms with E-state index in [0.29, 0.717) is 28.2 Å². The number of rotatable bonds is 6. The highest BCUT2D eigenvalue weighted by atomic mass is 35.5. The van der Waals surface area contributed by atoms with E-state index in [4.69, 9.17) is 35.4 Å². The number of halogens is 2. The van der Waals surface area contributed by atoms with E-state index < -0.39 is 0 Å². The fourth-order valence-electron chi connectivity index (χ4n) is 2.97. The maximum Gasteiger partial charge on any atom is 0.170 e. The van der Waals surface area contributed by atoms with Crippen molar-refractivity contribution in [2.24, 2.45) is 0 Å². The summed E-state index contributed by atoms with van der Waals surface area (Å²) in [6.45, 7) is 3.35. The van der Waals surface area contributed by atoms with Gasteiger partial charge in [0.1, 0.15) is 0 Å². The van der Waals surface area contributed by atoms with Crippen LogP contribution in [0.2, 0.25) is 10.0 Å². The Bertz CT molecular complexity index is 916. The molecule has 0 fully saturated rings. The van der Waals surface area contributed by atoms with Crippen LogP contribution in [0.1, 0.15) is 29.7 Å². The number of benzene rings is 3. The quantitative estimate of drug-likeness (QED) is 0.443. The Hall–Kier alpha value is -2.07. The van der Waals surface area contributed by atoms with Crippen LogP contribution in [-0.4, -0.2) is 10.0 Å². The zero-order chi connectivity index (χ0) is 19.9. The third-order valence-electron chi connectivity index (χ3n) is 4.51. The molecule has 3 aromatic carbocycles. The van der Waals surface area contributed by atoms with Gasteiger partial charge in [0.25, 0.3) is 0 Å². The molecule has 0 aliphatic rings. The van der Waals surface area contributed by atoms with Crippen LogP contribution in [0, 0.1) is 0 Å². The zero-order valence-electron chi connectivity index (χ0n) is 15.6. The van der Waals surface area contributed by atoms with Crippen LogP contribution >= 0.6 is 35.4 Å². The number of nitrogens with one attached hydrogen (secondary N) is 1. The standard InChI is InChI=1S/C23H22Cl2N2S/c1-17(19-10-6-3-7-11-19)26-23(28)27(15-18-8-4-2-5-9-18)16-20-14-21(24)12-13-22(20)25/h2-14,17H,15-16H2,1H3,(H,26,28)/t17-/m1/s1. The SMILES string of the molecule is C[C@@H](NC(=S)N(Cc1ccccc1)Cc1cc(Cl)ccc1Cl)c1ccccc1. The lowest BCUT2D eigenvalue weighted by Gasteiger charge is -2.29. The molecule has 0 radical (unpaired) electrons. The van der Waals surface area contributed by atoms with E-state index in [1.165, 1.54) is 11.1 Å². The molecule has 144 valence electrons. The minimum absolute atomic E-state index is 0.0989. The van der Waals surface area contributed by atoms with Gasteiger partial charge in [0.2, 0.25) is 0 Å². The van der Waals surface area contributed by atoms with E-state index in [9.17, 15) is 0 Å². The minimum Gasteiger partial charge on any atom is -0.356 e. The molecule has 0 heterocycles. The van der Waals surface area contributed by atoms with E-state index >= 15 is 0 Å². The third kappa shape index (κ3) is 5.71. The highest BCUT2D eigenvalue weighted by Crippen LogP contribution is 2.23. The maximum atomic E-state index is 6.40. The van der Waals surface area contributed by atoms with E-state index in [0.717, 1.165) is 5.56 Å². The van der Waals surface area contributed by atoms with Gasteiger partial charge < -0.3 is 10.2 Å². The van der Waals surface area contributed by atoms with Crippen molar-refractivity contribution < 1.29 is 0 Å². The number of thiocarbonyl (C=S) groups is 1. The van der Waals surface area contributed by atoms with Crippen LogP contribution in [0.5, 0.6) is 0 Å². The summed E-state index contributed by atoms with van der Waals surface area (Å²) in [6.07, 6.45) is 0. The van der Waals surface area contributed by atoms with Crippen molar-refractivity contribution in [3.05, 3.63) is 106 Å². The average molecular weight is 429 g/mol. The van der Waals surface area contributed by atoms with Crippen LogP contribution in [-0.2, 0) is 13.1 Å². The second kappa shape index (κ2) is 9.92. The van der Waals surface area contributed by atoms with Gasteiger partial charge in [-0.05, 0) is 54.0 Å². The molecule has 2 nitrogen and oxygen atoms in total. The highest BCUT2D eigenvalue weighted by molar-refractivity contribution is 7.80. The smallest absolute Gasteiger partial charge is 0.170 e. The van der Waals surface area contributed by atoms with Crippen LogP contribution in [0.15, 0.2) is 78.9 Å². The van der Waals surface area contributed by atoms with Crippen molar-refractivity contribution in [1.82, 2.24) is 10.2 Å². The second-order valence-electron chi connectivity index (χ2n) is 6.66. The van der Waals surface area contributed by atoms with Gasteiger partial charge in [0.05, 0.1) is 6.04 Å². The van der Waals surface area contributed by atoms with Crippen molar-refractivity contribution in [2.75, 3.05) is 0 Å². The van der Waals surface area contributed by atoms with Crippen molar-refractivity contribution >= 4 is 40.5 Å². The van der Waals surface area contributed by atoms with Crippen molar-refractivity contribution in [3.63, 3.8) is 0 Å². The van der Waals surface area contributed by atoms with Crippen molar-refractivity contribution in [1.29, 1.82) is 0 Å². The summed E-state index contributed by atoms with van der Waals surface area (Å²) in [7, 11) is 0. The molecule has 0 spiro atoms. The average Bonchev–Trinajstić information content (AvgIpc) is 2.71. The molecule has 0 aromatic heterocycles. The monoisotopic (exact) mass is 428 g/mol. The molecule has 3 aromatic rings. The molecule has 0 bridgehead atoms. The molecule has 0 saturated heterocycles. The maximum absolute atomic E-state index is 6.40. The van der Waals surface area contributed by atoms with E-state index in [2.05, 4.69) is 41.4 Å². The summed E-state index contributed by atoms with van der Waals surface area (Å²) >= 11 is 18.3. The summed E-state index contributed by atoms with van der Waals surface area (Å²) in [5, 5.41) is 5.47. The summed E-state index contributed by atoms with van der Waals surface area (Å²) in [5.74, 6) is 0. The Kier molecular flexibility index (Phi) is 7.32. The molecule has 5 heteroatoms. The molecule has 0 aliphatic carbocycles. The number of hydrogen-bond acceptors (Lipinski definition) is 1. The summed E-state index contributed by atoms with van der Waals surface area (Å²) in [5.41, 5.74) is 3.31. The van der Waals surface area contributed by atoms with Gasteiger partial charge in [-0.1, -0.05) is 83.9 Å². The normalized spacial score (nSPS) is 11.7. The Morgan fingerprint density at radius 1 is 0.929 bits per heavy atom. The Morgan fingerprint density at radius 3 is 2.25 bits per heavy atom. The van der Waals surface area contributed by atoms with E-state index in [1.54, 1.807) is 6.07 Å². The van der Waals surface area contributed by atoms with Gasteiger partial charge in [0, 0.05) is 23.1 Å². The molecule has 1 N–H and O–H groups in total. The topological polar surface area (TPSA) is 15.3 Å². The lowest BCUT2D eigenvalue weighted by atomic mass is 10.1. The van der Waals surface area contributed by atoms with Gasteiger partial charge in [-0.2, -0.15) is 0 Å². The predicted octanol–water partition coefficient (Wildman–Crippen LogP) is 6.63. The first-order chi connectivity index (χ1) is 13.5. The van der Waals surface area contributed by atoms with Crippen LogP contribution < -0.4 is 5.32 Å². The molecule has 3 rings (SSSR count). The van der Waals surface area contributed by atoms with Gasteiger partial charge >= 0.3 is 0 Å². The minimum atomic E-state index is 0.0989. The first kappa shape index (κ1) is 20.7. The number of hydrogen-bond donors (Lipinski definition) is 1. The predicted molar refractivity (Wildman–Crippen MR) is 123 cm³/mol. The van der Waals surface area contributed by atoms with Crippen LogP contribution in [0.3, 0.4) is 0 Å². The number of nitrogens with zero attached hydrogens (tertiary/aromatic N) is 1. The van der Waals surface area contributed by atoms with Gasteiger partial charge in [-0.15, -0.1) is 0 Å². The molecule has 0 amide bonds. The largest absolute Gasteiger partial charge is 0.356 e. The zero-order valence-corrected chi connectivity index (χ0v) is 17.9. The second-order valence-corrected chi connectivity index (χ2v) is 7.89. The fourth-order valence-corrected chi connectivity index (χ4v) is 3.65. The molecule has 0 saturated carbocycles. The third-order valence-corrected chi connectivity index (χ3v) is 5.49. The molecule has 0 unspecified atom stereocenters. The molecular weight excluding hydrogens is 407 g/mol. The van der Waals surface area contributed by atoms with Crippen molar-refractivity contribution in [2.45, 2.75) is 26.1 Å². The highest BCUT2D eigenvalue weighted by Gasteiger charge is 2.16. The first-order valence-electron chi connectivity index (χ1n) is 9.11. The van der Waals surface area contributed by atoms with Gasteiger partial charge in [-0.25, -0.2) is 0 Å². The first-order valence-corrected chi connectivity index (χ1v) is 10.3. The Morgan fingerprint density at radius 2 is 1.57 bits per heavy atom. The fraction of sp³-hybridized carbons (Fsp3) is 0.174. The van der Waals surface area contributed by atoms with Crippen LogP contribution in [0.4, 0.5) is 0 Å². The summed E-state index contributed by atoms with van der Waals surface area (Å²) < 4.78 is 0. The molecule has 1 atom stereocenters. The van der Waals surface area contributed by atoms with Crippen LogP contribution in [0.25, 0.3) is 0 Å². The lowest BCUT2D eigenvalue weighted by molar-refractivity contribution is 0.393. The molecular formula is C23H22Cl2N2S. The summed E-state index contributed by atoms with van der Waals surface area (Å²) in [4.78, 5) is 2.11. The van der Waals surface area contributed by atoms with Gasteiger partial charge in [0.15, 0.2) is 5.11 Å².